The van der Waals surface area contributed by atoms with E-state index in [0.29, 0.717) is 4.88 Å². The second kappa shape index (κ2) is 7.33. The Labute approximate surface area is 153 Å². The molecule has 0 N–H and O–H groups in total. The molecule has 130 valence electrons. The summed E-state index contributed by atoms with van der Waals surface area (Å²) in [5.74, 6) is -0.712. The molecule has 0 saturated carbocycles. The summed E-state index contributed by atoms with van der Waals surface area (Å²) in [6.07, 6.45) is 0. The van der Waals surface area contributed by atoms with Crippen molar-refractivity contribution < 1.29 is 14.3 Å². The molecule has 0 saturated heterocycles. The molecule has 1 aromatic carbocycles. The number of nitrogens with zero attached hydrogens (tertiary/aromatic N) is 2. The maximum Gasteiger partial charge on any atom is 0.349 e. The van der Waals surface area contributed by atoms with Crippen LogP contribution in [-0.4, -0.2) is 35.4 Å². The molecule has 0 unspecified atom stereocenters. The number of carbonyl (C=O) groups is 2. The molecule has 1 atom stereocenters. The molecular weight excluding hydrogens is 356 g/mol. The fourth-order valence-electron chi connectivity index (χ4n) is 2.33. The van der Waals surface area contributed by atoms with Gasteiger partial charge in [0.2, 0.25) is 0 Å². The second-order valence-electron chi connectivity index (χ2n) is 5.71. The van der Waals surface area contributed by atoms with Crippen molar-refractivity contribution in [1.82, 2.24) is 9.88 Å². The number of ether oxygens (including phenoxy) is 1. The minimum atomic E-state index is -0.457. The Balaban J connectivity index is 1.63. The predicted octanol–water partition coefficient (Wildman–Crippen LogP) is 4.04. The van der Waals surface area contributed by atoms with E-state index in [1.165, 1.54) is 11.3 Å². The minimum Gasteiger partial charge on any atom is -0.451 e. The summed E-state index contributed by atoms with van der Waals surface area (Å²) in [5, 5.41) is 2.69. The summed E-state index contributed by atoms with van der Waals surface area (Å²) in [4.78, 5) is 31.1. The van der Waals surface area contributed by atoms with Gasteiger partial charge in [-0.25, -0.2) is 9.78 Å². The van der Waals surface area contributed by atoms with Crippen LogP contribution in [0.4, 0.5) is 0 Å². The summed E-state index contributed by atoms with van der Waals surface area (Å²) in [7, 11) is 1.70. The number of thiazole rings is 1. The van der Waals surface area contributed by atoms with E-state index in [0.717, 1.165) is 20.8 Å². The fourth-order valence-corrected chi connectivity index (χ4v) is 4.21. The maximum atomic E-state index is 12.4. The molecule has 1 amide bonds. The van der Waals surface area contributed by atoms with Crippen LogP contribution in [0, 0.1) is 6.92 Å². The second-order valence-corrected chi connectivity index (χ2v) is 7.69. The van der Waals surface area contributed by atoms with E-state index < -0.39 is 5.97 Å². The van der Waals surface area contributed by atoms with Gasteiger partial charge in [0, 0.05) is 7.05 Å². The minimum absolute atomic E-state index is 0.188. The van der Waals surface area contributed by atoms with Gasteiger partial charge in [-0.3, -0.25) is 4.79 Å². The Morgan fingerprint density at radius 1 is 1.28 bits per heavy atom. The third kappa shape index (κ3) is 3.72. The zero-order chi connectivity index (χ0) is 18.0. The number of para-hydroxylation sites is 1. The lowest BCUT2D eigenvalue weighted by Crippen LogP contribution is -2.33. The summed E-state index contributed by atoms with van der Waals surface area (Å²) < 4.78 is 6.25. The zero-order valence-corrected chi connectivity index (χ0v) is 15.8. The molecule has 2 heterocycles. The highest BCUT2D eigenvalue weighted by Gasteiger charge is 2.22. The predicted molar refractivity (Wildman–Crippen MR) is 100 cm³/mol. The van der Waals surface area contributed by atoms with Gasteiger partial charge in [0.25, 0.3) is 5.91 Å². The van der Waals surface area contributed by atoms with E-state index in [4.69, 9.17) is 4.74 Å². The number of benzene rings is 1. The van der Waals surface area contributed by atoms with Crippen molar-refractivity contribution in [1.29, 1.82) is 0 Å². The lowest BCUT2D eigenvalue weighted by atomic mass is 10.3. The normalized spacial score (nSPS) is 12.1. The van der Waals surface area contributed by atoms with Gasteiger partial charge in [0.1, 0.15) is 9.88 Å². The highest BCUT2D eigenvalue weighted by atomic mass is 32.1. The summed E-state index contributed by atoms with van der Waals surface area (Å²) in [6.45, 7) is 3.49. The quantitative estimate of drug-likeness (QED) is 0.632. The maximum absolute atomic E-state index is 12.4. The number of carbonyl (C=O) groups excluding carboxylic acids is 2. The summed E-state index contributed by atoms with van der Waals surface area (Å²) in [6, 6.07) is 9.54. The molecule has 25 heavy (non-hydrogen) atoms. The number of amides is 1. The van der Waals surface area contributed by atoms with Crippen molar-refractivity contribution in [2.24, 2.45) is 0 Å². The van der Waals surface area contributed by atoms with Crippen LogP contribution >= 0.6 is 22.7 Å². The van der Waals surface area contributed by atoms with E-state index in [1.807, 2.05) is 49.6 Å². The molecule has 0 bridgehead atoms. The number of hydrogen-bond donors (Lipinski definition) is 0. The number of thiophene rings is 1. The SMILES string of the molecule is Cc1ccsc1C(=O)OCC(=O)N(C)[C@@H](C)c1nc2ccccc2s1. The van der Waals surface area contributed by atoms with Crippen LogP contribution in [0.5, 0.6) is 0 Å². The van der Waals surface area contributed by atoms with Gasteiger partial charge in [-0.05, 0) is 43.0 Å². The molecule has 5 nitrogen and oxygen atoms in total. The van der Waals surface area contributed by atoms with Gasteiger partial charge in [0.05, 0.1) is 16.3 Å². The molecule has 0 fully saturated rings. The van der Waals surface area contributed by atoms with Crippen molar-refractivity contribution in [3.63, 3.8) is 0 Å². The average molecular weight is 374 g/mol. The zero-order valence-electron chi connectivity index (χ0n) is 14.2. The van der Waals surface area contributed by atoms with E-state index >= 15 is 0 Å². The van der Waals surface area contributed by atoms with Crippen LogP contribution in [0.25, 0.3) is 10.2 Å². The third-order valence-corrected chi connectivity index (χ3v) is 6.22. The van der Waals surface area contributed by atoms with Crippen LogP contribution in [-0.2, 0) is 9.53 Å². The molecule has 0 aliphatic heterocycles. The summed E-state index contributed by atoms with van der Waals surface area (Å²) in [5.41, 5.74) is 1.79. The topological polar surface area (TPSA) is 59.5 Å². The Kier molecular flexibility index (Phi) is 5.15. The Hall–Kier alpha value is -2.25. The van der Waals surface area contributed by atoms with Gasteiger partial charge in [-0.1, -0.05) is 12.1 Å². The molecular formula is C18H18N2O3S2. The molecule has 3 aromatic rings. The third-order valence-electron chi connectivity index (χ3n) is 4.02. The molecule has 7 heteroatoms. The Bertz CT molecular complexity index is 883. The first-order chi connectivity index (χ1) is 12.0. The number of fused-ring (bicyclic) bond motifs is 1. The Morgan fingerprint density at radius 2 is 2.04 bits per heavy atom. The number of likely N-dealkylation sites (N-methyl/N-ethyl adjacent to an activating group) is 1. The van der Waals surface area contributed by atoms with E-state index in [1.54, 1.807) is 23.3 Å². The van der Waals surface area contributed by atoms with Gasteiger partial charge in [-0.2, -0.15) is 0 Å². The highest BCUT2D eigenvalue weighted by molar-refractivity contribution is 7.18. The van der Waals surface area contributed by atoms with Crippen molar-refractivity contribution in [2.45, 2.75) is 19.9 Å². The average Bonchev–Trinajstić information content (AvgIpc) is 3.23. The standard InChI is InChI=1S/C18H18N2O3S2/c1-11-8-9-24-16(11)18(22)23-10-15(21)20(3)12(2)17-19-13-6-4-5-7-14(13)25-17/h4-9,12H,10H2,1-3H3/t12-/m0/s1. The van der Waals surface area contributed by atoms with Crippen molar-refractivity contribution in [2.75, 3.05) is 13.7 Å². The lowest BCUT2D eigenvalue weighted by Gasteiger charge is -2.23. The first-order valence-electron chi connectivity index (χ1n) is 7.79. The van der Waals surface area contributed by atoms with Gasteiger partial charge in [0.15, 0.2) is 6.61 Å². The molecule has 0 aliphatic rings. The molecule has 3 rings (SSSR count). The van der Waals surface area contributed by atoms with E-state index in [-0.39, 0.29) is 18.6 Å². The molecule has 0 radical (unpaired) electrons. The largest absolute Gasteiger partial charge is 0.451 e. The van der Waals surface area contributed by atoms with Gasteiger partial charge >= 0.3 is 5.97 Å². The first-order valence-corrected chi connectivity index (χ1v) is 9.49. The van der Waals surface area contributed by atoms with Gasteiger partial charge in [-0.15, -0.1) is 22.7 Å². The van der Waals surface area contributed by atoms with Crippen molar-refractivity contribution >= 4 is 44.8 Å². The molecule has 0 aliphatic carbocycles. The van der Waals surface area contributed by atoms with Crippen molar-refractivity contribution in [3.05, 3.63) is 51.2 Å². The highest BCUT2D eigenvalue weighted by Crippen LogP contribution is 2.28. The smallest absolute Gasteiger partial charge is 0.349 e. The van der Waals surface area contributed by atoms with Crippen molar-refractivity contribution in [3.8, 4) is 0 Å². The van der Waals surface area contributed by atoms with Crippen LogP contribution in [0.3, 0.4) is 0 Å². The van der Waals surface area contributed by atoms with Crippen LogP contribution in [0.1, 0.15) is 33.2 Å². The number of rotatable bonds is 5. The van der Waals surface area contributed by atoms with Crippen LogP contribution in [0.2, 0.25) is 0 Å². The number of aryl methyl sites for hydroxylation is 1. The van der Waals surface area contributed by atoms with Crippen LogP contribution in [0.15, 0.2) is 35.7 Å². The van der Waals surface area contributed by atoms with Gasteiger partial charge < -0.3 is 9.64 Å². The van der Waals surface area contributed by atoms with E-state index in [9.17, 15) is 9.59 Å². The fraction of sp³-hybridized carbons (Fsp3) is 0.278. The Morgan fingerprint density at radius 3 is 2.72 bits per heavy atom. The number of esters is 1. The first kappa shape index (κ1) is 17.6. The monoisotopic (exact) mass is 374 g/mol. The molecule has 2 aromatic heterocycles. The van der Waals surface area contributed by atoms with E-state index in [2.05, 4.69) is 4.98 Å². The molecule has 0 spiro atoms. The van der Waals surface area contributed by atoms with Crippen LogP contribution < -0.4 is 0 Å². The lowest BCUT2D eigenvalue weighted by molar-refractivity contribution is -0.135. The number of aromatic nitrogens is 1. The number of hydrogen-bond acceptors (Lipinski definition) is 6. The summed E-state index contributed by atoms with van der Waals surface area (Å²) >= 11 is 2.88.